The zero-order valence-corrected chi connectivity index (χ0v) is 11.2. The summed E-state index contributed by atoms with van der Waals surface area (Å²) < 4.78 is 44.2. The number of para-hydroxylation sites is 1. The maximum absolute atomic E-state index is 12.8. The van der Waals surface area contributed by atoms with Crippen LogP contribution in [0.15, 0.2) is 42.5 Å². The molecule has 1 aliphatic rings. The molecule has 0 spiro atoms. The topological polar surface area (TPSA) is 35.2 Å². The van der Waals surface area contributed by atoms with Gasteiger partial charge in [-0.25, -0.2) is 0 Å². The lowest BCUT2D eigenvalue weighted by Crippen LogP contribution is -2.24. The predicted octanol–water partition coefficient (Wildman–Crippen LogP) is 3.63. The van der Waals surface area contributed by atoms with Crippen molar-refractivity contribution in [2.45, 2.75) is 18.7 Å². The minimum Gasteiger partial charge on any atom is -0.488 e. The van der Waals surface area contributed by atoms with E-state index in [9.17, 15) is 13.2 Å². The lowest BCUT2D eigenvalue weighted by Gasteiger charge is -2.13. The second-order valence-corrected chi connectivity index (χ2v) is 5.05. The largest absolute Gasteiger partial charge is 0.488 e. The van der Waals surface area contributed by atoms with Crippen molar-refractivity contribution in [3.63, 3.8) is 0 Å². The fraction of sp³-hybridized carbons (Fsp3) is 0.250. The van der Waals surface area contributed by atoms with Crippen LogP contribution in [0.2, 0.25) is 0 Å². The van der Waals surface area contributed by atoms with Crippen molar-refractivity contribution in [2.24, 2.45) is 5.73 Å². The van der Waals surface area contributed by atoms with Crippen molar-refractivity contribution in [1.29, 1.82) is 0 Å². The standard InChI is InChI=1S/C16H14F3NO/c17-16(18,19)12-5-1-3-10(7-12)14-6-2-4-11-8-13(9-20)21-15(11)14/h1-7,13H,8-9,20H2/t13-/m0/s1. The molecule has 0 aliphatic carbocycles. The SMILES string of the molecule is NC[C@@H]1Cc2cccc(-c3cccc(C(F)(F)F)c3)c2O1. The summed E-state index contributed by atoms with van der Waals surface area (Å²) in [6.45, 7) is 0.386. The molecule has 3 rings (SSSR count). The van der Waals surface area contributed by atoms with E-state index < -0.39 is 11.7 Å². The number of rotatable bonds is 2. The molecule has 2 N–H and O–H groups in total. The molecule has 2 nitrogen and oxygen atoms in total. The third-order valence-electron chi connectivity index (χ3n) is 3.59. The van der Waals surface area contributed by atoms with E-state index in [0.717, 1.165) is 17.7 Å². The first kappa shape index (κ1) is 13.9. The van der Waals surface area contributed by atoms with Gasteiger partial charge < -0.3 is 10.5 Å². The lowest BCUT2D eigenvalue weighted by atomic mass is 9.99. The monoisotopic (exact) mass is 293 g/mol. The Bertz CT molecular complexity index is 667. The van der Waals surface area contributed by atoms with Gasteiger partial charge in [0.25, 0.3) is 0 Å². The molecule has 0 radical (unpaired) electrons. The van der Waals surface area contributed by atoms with Crippen molar-refractivity contribution >= 4 is 0 Å². The zero-order valence-electron chi connectivity index (χ0n) is 11.2. The summed E-state index contributed by atoms with van der Waals surface area (Å²) in [4.78, 5) is 0. The molecule has 110 valence electrons. The van der Waals surface area contributed by atoms with Gasteiger partial charge in [-0.3, -0.25) is 0 Å². The molecule has 0 saturated heterocycles. The molecule has 0 saturated carbocycles. The van der Waals surface area contributed by atoms with Crippen LogP contribution in [-0.2, 0) is 12.6 Å². The van der Waals surface area contributed by atoms with Crippen LogP contribution in [0.25, 0.3) is 11.1 Å². The Morgan fingerprint density at radius 2 is 1.90 bits per heavy atom. The van der Waals surface area contributed by atoms with Crippen LogP contribution < -0.4 is 10.5 Å². The van der Waals surface area contributed by atoms with Crippen LogP contribution in [0.4, 0.5) is 13.2 Å². The summed E-state index contributed by atoms with van der Waals surface area (Å²) in [5, 5.41) is 0. The third kappa shape index (κ3) is 2.61. The molecule has 1 aliphatic heterocycles. The summed E-state index contributed by atoms with van der Waals surface area (Å²) in [5.41, 5.74) is 7.11. The minimum atomic E-state index is -4.35. The van der Waals surface area contributed by atoms with Crippen LogP contribution >= 0.6 is 0 Å². The molecule has 0 amide bonds. The summed E-state index contributed by atoms with van der Waals surface area (Å²) in [7, 11) is 0. The molecule has 0 bridgehead atoms. The summed E-state index contributed by atoms with van der Waals surface area (Å²) >= 11 is 0. The Labute approximate surface area is 120 Å². The first-order valence-electron chi connectivity index (χ1n) is 6.65. The van der Waals surface area contributed by atoms with Crippen molar-refractivity contribution in [1.82, 2.24) is 0 Å². The molecule has 1 atom stereocenters. The average Bonchev–Trinajstić information content (AvgIpc) is 2.89. The predicted molar refractivity (Wildman–Crippen MR) is 74.1 cm³/mol. The van der Waals surface area contributed by atoms with Crippen molar-refractivity contribution in [3.8, 4) is 16.9 Å². The van der Waals surface area contributed by atoms with Gasteiger partial charge >= 0.3 is 6.18 Å². The maximum atomic E-state index is 12.8. The van der Waals surface area contributed by atoms with E-state index in [4.69, 9.17) is 10.5 Å². The number of hydrogen-bond acceptors (Lipinski definition) is 2. The van der Waals surface area contributed by atoms with Gasteiger partial charge in [-0.1, -0.05) is 30.3 Å². The van der Waals surface area contributed by atoms with E-state index >= 15 is 0 Å². The fourth-order valence-electron chi connectivity index (χ4n) is 2.56. The van der Waals surface area contributed by atoms with Crippen LogP contribution in [0, 0.1) is 0 Å². The van der Waals surface area contributed by atoms with Gasteiger partial charge in [0.05, 0.1) is 5.56 Å². The number of nitrogens with two attached hydrogens (primary N) is 1. The van der Waals surface area contributed by atoms with Gasteiger partial charge in [-0.2, -0.15) is 13.2 Å². The Morgan fingerprint density at radius 3 is 2.62 bits per heavy atom. The highest BCUT2D eigenvalue weighted by atomic mass is 19.4. The molecule has 2 aromatic carbocycles. The van der Waals surface area contributed by atoms with Gasteiger partial charge in [0.2, 0.25) is 0 Å². The van der Waals surface area contributed by atoms with Crippen molar-refractivity contribution in [2.75, 3.05) is 6.54 Å². The van der Waals surface area contributed by atoms with Gasteiger partial charge in [-0.15, -0.1) is 0 Å². The Morgan fingerprint density at radius 1 is 1.14 bits per heavy atom. The molecule has 0 aromatic heterocycles. The fourth-order valence-corrected chi connectivity index (χ4v) is 2.56. The zero-order chi connectivity index (χ0) is 15.0. The molecular weight excluding hydrogens is 279 g/mol. The third-order valence-corrected chi connectivity index (χ3v) is 3.59. The Hall–Kier alpha value is -2.01. The number of ether oxygens (including phenoxy) is 1. The smallest absolute Gasteiger partial charge is 0.416 e. The van der Waals surface area contributed by atoms with Crippen molar-refractivity contribution in [3.05, 3.63) is 53.6 Å². The van der Waals surface area contributed by atoms with E-state index in [-0.39, 0.29) is 6.10 Å². The minimum absolute atomic E-state index is 0.105. The van der Waals surface area contributed by atoms with Crippen LogP contribution in [0.3, 0.4) is 0 Å². The highest BCUT2D eigenvalue weighted by molar-refractivity contribution is 5.73. The van der Waals surface area contributed by atoms with Gasteiger partial charge in [0, 0.05) is 18.5 Å². The number of fused-ring (bicyclic) bond motifs is 1. The molecular formula is C16H14F3NO. The number of halogens is 3. The number of benzene rings is 2. The Kier molecular flexibility index (Phi) is 3.37. The first-order chi connectivity index (χ1) is 9.99. The molecule has 2 aromatic rings. The molecule has 21 heavy (non-hydrogen) atoms. The number of alkyl halides is 3. The summed E-state index contributed by atoms with van der Waals surface area (Å²) in [5.74, 6) is 0.646. The van der Waals surface area contributed by atoms with Crippen LogP contribution in [-0.4, -0.2) is 12.6 Å². The number of hydrogen-bond donors (Lipinski definition) is 1. The van der Waals surface area contributed by atoms with E-state index in [1.807, 2.05) is 12.1 Å². The maximum Gasteiger partial charge on any atom is 0.416 e. The highest BCUT2D eigenvalue weighted by Gasteiger charge is 2.31. The molecule has 5 heteroatoms. The normalized spacial score (nSPS) is 17.4. The first-order valence-corrected chi connectivity index (χ1v) is 6.65. The van der Waals surface area contributed by atoms with E-state index in [2.05, 4.69) is 0 Å². The highest BCUT2D eigenvalue weighted by Crippen LogP contribution is 2.40. The van der Waals surface area contributed by atoms with Gasteiger partial charge in [0.15, 0.2) is 0 Å². The molecule has 0 fully saturated rings. The van der Waals surface area contributed by atoms with Crippen LogP contribution in [0.1, 0.15) is 11.1 Å². The van der Waals surface area contributed by atoms with E-state index in [1.54, 1.807) is 12.1 Å². The van der Waals surface area contributed by atoms with Crippen molar-refractivity contribution < 1.29 is 17.9 Å². The second-order valence-electron chi connectivity index (χ2n) is 5.05. The average molecular weight is 293 g/mol. The Balaban J connectivity index is 2.05. The van der Waals surface area contributed by atoms with E-state index in [1.165, 1.54) is 6.07 Å². The quantitative estimate of drug-likeness (QED) is 0.917. The summed E-state index contributed by atoms with van der Waals surface area (Å²) in [6.07, 6.45) is -3.76. The van der Waals surface area contributed by atoms with E-state index in [0.29, 0.717) is 29.8 Å². The van der Waals surface area contributed by atoms with Gasteiger partial charge in [0.1, 0.15) is 11.9 Å². The lowest BCUT2D eigenvalue weighted by molar-refractivity contribution is -0.137. The molecule has 0 unspecified atom stereocenters. The molecule has 1 heterocycles. The van der Waals surface area contributed by atoms with Crippen LogP contribution in [0.5, 0.6) is 5.75 Å². The second kappa shape index (κ2) is 5.07. The summed E-state index contributed by atoms with van der Waals surface area (Å²) in [6, 6.07) is 10.8. The van der Waals surface area contributed by atoms with Gasteiger partial charge in [-0.05, 0) is 23.3 Å².